The average molecular weight is 249 g/mol. The van der Waals surface area contributed by atoms with Crippen molar-refractivity contribution in [3.8, 4) is 0 Å². The van der Waals surface area contributed by atoms with Gasteiger partial charge in [-0.3, -0.25) is 9.78 Å². The molecule has 0 aliphatic carbocycles. The summed E-state index contributed by atoms with van der Waals surface area (Å²) >= 11 is 5.82. The number of nitrogens with one attached hydrogen (secondary N) is 2. The molecule has 84 valence electrons. The maximum Gasteiger partial charge on any atom is 0.326 e. The molecule has 0 radical (unpaired) electrons. The third kappa shape index (κ3) is 1.50. The quantitative estimate of drug-likeness (QED) is 0.576. The van der Waals surface area contributed by atoms with Crippen molar-refractivity contribution in [1.29, 1.82) is 0 Å². The summed E-state index contributed by atoms with van der Waals surface area (Å²) in [5.41, 5.74) is -0.161. The minimum Gasteiger partial charge on any atom is -0.305 e. The van der Waals surface area contributed by atoms with Gasteiger partial charge in [-0.05, 0) is 18.2 Å². The Labute approximate surface area is 98.3 Å². The number of hydrogen-bond donors (Lipinski definition) is 2. The minimum atomic E-state index is -0.577. The molecule has 0 atom stereocenters. The van der Waals surface area contributed by atoms with Crippen molar-refractivity contribution in [2.75, 3.05) is 0 Å². The predicted molar refractivity (Wildman–Crippen MR) is 63.3 cm³/mol. The van der Waals surface area contributed by atoms with E-state index in [1.165, 1.54) is 0 Å². The van der Waals surface area contributed by atoms with Gasteiger partial charge in [0.2, 0.25) is 0 Å². The molecular weight excluding hydrogens is 244 g/mol. The molecule has 2 N–H and O–H groups in total. The van der Waals surface area contributed by atoms with Gasteiger partial charge in [-0.1, -0.05) is 11.6 Å². The van der Waals surface area contributed by atoms with Crippen molar-refractivity contribution < 1.29 is 0 Å². The van der Waals surface area contributed by atoms with E-state index >= 15 is 0 Å². The van der Waals surface area contributed by atoms with Crippen LogP contribution in [0.3, 0.4) is 0 Å². The van der Waals surface area contributed by atoms with E-state index in [2.05, 4.69) is 20.2 Å². The lowest BCUT2D eigenvalue weighted by Crippen LogP contribution is -2.23. The molecule has 3 aromatic rings. The number of H-pyrrole nitrogens is 2. The Balaban J connectivity index is 2.64. The van der Waals surface area contributed by atoms with Crippen LogP contribution in [0.5, 0.6) is 0 Å². The first-order valence-corrected chi connectivity index (χ1v) is 5.11. The standard InChI is InChI=1S/C10H5ClN4O2/c11-4-1-2-5-6(3-4)14-15-8-7(5)12-10(17)13-9(8)16/h1-3H,(H2,12,13,16,17). The van der Waals surface area contributed by atoms with Crippen LogP contribution in [0.2, 0.25) is 5.02 Å². The van der Waals surface area contributed by atoms with E-state index in [1.54, 1.807) is 18.2 Å². The first kappa shape index (κ1) is 9.98. The molecule has 0 saturated heterocycles. The maximum atomic E-state index is 11.5. The van der Waals surface area contributed by atoms with Crippen LogP contribution in [0, 0.1) is 0 Å². The molecule has 3 rings (SSSR count). The van der Waals surface area contributed by atoms with Crippen LogP contribution < -0.4 is 11.2 Å². The lowest BCUT2D eigenvalue weighted by molar-refractivity contribution is 1.03. The Morgan fingerprint density at radius 3 is 2.76 bits per heavy atom. The number of nitrogens with zero attached hydrogens (tertiary/aromatic N) is 2. The maximum absolute atomic E-state index is 11.5. The molecule has 0 saturated carbocycles. The molecule has 2 aromatic heterocycles. The Kier molecular flexibility index (Phi) is 1.99. The molecule has 1 aromatic carbocycles. The molecule has 0 aliphatic heterocycles. The van der Waals surface area contributed by atoms with Crippen LogP contribution in [-0.2, 0) is 0 Å². The number of rotatable bonds is 0. The summed E-state index contributed by atoms with van der Waals surface area (Å²) < 4.78 is 0. The highest BCUT2D eigenvalue weighted by Gasteiger charge is 2.08. The van der Waals surface area contributed by atoms with Crippen molar-refractivity contribution in [2.45, 2.75) is 0 Å². The molecular formula is C10H5ClN4O2. The van der Waals surface area contributed by atoms with E-state index in [0.29, 0.717) is 21.4 Å². The first-order valence-electron chi connectivity index (χ1n) is 4.73. The molecule has 0 spiro atoms. The van der Waals surface area contributed by atoms with Crippen LogP contribution in [0.15, 0.2) is 27.8 Å². The molecule has 7 heteroatoms. The first-order chi connectivity index (χ1) is 8.15. The summed E-state index contributed by atoms with van der Waals surface area (Å²) in [6.45, 7) is 0. The summed E-state index contributed by atoms with van der Waals surface area (Å²) in [5, 5.41) is 8.79. The van der Waals surface area contributed by atoms with Gasteiger partial charge in [-0.15, -0.1) is 10.2 Å². The van der Waals surface area contributed by atoms with Gasteiger partial charge in [0.25, 0.3) is 5.56 Å². The lowest BCUT2D eigenvalue weighted by atomic mass is 10.2. The molecule has 6 nitrogen and oxygen atoms in total. The fraction of sp³-hybridized carbons (Fsp3) is 0. The van der Waals surface area contributed by atoms with E-state index in [4.69, 9.17) is 11.6 Å². The Bertz CT molecular complexity index is 852. The van der Waals surface area contributed by atoms with E-state index in [9.17, 15) is 9.59 Å². The summed E-state index contributed by atoms with van der Waals surface area (Å²) in [7, 11) is 0. The van der Waals surface area contributed by atoms with Gasteiger partial charge in [0, 0.05) is 10.4 Å². The second-order valence-corrected chi connectivity index (χ2v) is 3.93. The summed E-state index contributed by atoms with van der Waals surface area (Å²) in [5.74, 6) is 0. The van der Waals surface area contributed by atoms with Crippen molar-refractivity contribution in [3.63, 3.8) is 0 Å². The molecule has 0 bridgehead atoms. The van der Waals surface area contributed by atoms with Crippen LogP contribution in [-0.4, -0.2) is 20.2 Å². The van der Waals surface area contributed by atoms with Gasteiger partial charge in [0.05, 0.1) is 11.0 Å². The SMILES string of the molecule is O=c1[nH]c(=O)c2nnc3cc(Cl)ccc3c2[nH]1. The molecule has 0 amide bonds. The zero-order chi connectivity index (χ0) is 12.0. The molecule has 17 heavy (non-hydrogen) atoms. The topological polar surface area (TPSA) is 91.5 Å². The fourth-order valence-electron chi connectivity index (χ4n) is 1.67. The molecule has 2 heterocycles. The third-order valence-corrected chi connectivity index (χ3v) is 2.64. The predicted octanol–water partition coefficient (Wildman–Crippen LogP) is 0.813. The molecule has 0 fully saturated rings. The van der Waals surface area contributed by atoms with Crippen molar-refractivity contribution in [3.05, 3.63) is 44.1 Å². The number of hydrogen-bond acceptors (Lipinski definition) is 4. The van der Waals surface area contributed by atoms with Gasteiger partial charge in [-0.2, -0.15) is 0 Å². The largest absolute Gasteiger partial charge is 0.326 e. The minimum absolute atomic E-state index is 0.0967. The number of benzene rings is 1. The van der Waals surface area contributed by atoms with E-state index in [0.717, 1.165) is 0 Å². The second kappa shape index (κ2) is 3.39. The summed E-state index contributed by atoms with van der Waals surface area (Å²) in [6, 6.07) is 4.96. The highest BCUT2D eigenvalue weighted by atomic mass is 35.5. The normalized spacial score (nSPS) is 11.1. The van der Waals surface area contributed by atoms with Crippen LogP contribution >= 0.6 is 11.6 Å². The number of fused-ring (bicyclic) bond motifs is 3. The Hall–Kier alpha value is -2.21. The van der Waals surface area contributed by atoms with Gasteiger partial charge >= 0.3 is 5.69 Å². The smallest absolute Gasteiger partial charge is 0.305 e. The average Bonchev–Trinajstić information content (AvgIpc) is 2.27. The zero-order valence-corrected chi connectivity index (χ0v) is 9.08. The summed E-state index contributed by atoms with van der Waals surface area (Å²) in [6.07, 6.45) is 0. The molecule has 0 unspecified atom stereocenters. The Morgan fingerprint density at radius 1 is 1.12 bits per heavy atom. The highest BCUT2D eigenvalue weighted by Crippen LogP contribution is 2.20. The second-order valence-electron chi connectivity index (χ2n) is 3.49. The van der Waals surface area contributed by atoms with Gasteiger partial charge in [0.1, 0.15) is 0 Å². The van der Waals surface area contributed by atoms with Crippen LogP contribution in [0.25, 0.3) is 21.9 Å². The van der Waals surface area contributed by atoms with E-state index in [1.807, 2.05) is 0 Å². The number of halogens is 1. The van der Waals surface area contributed by atoms with Gasteiger partial charge in [0.15, 0.2) is 5.52 Å². The van der Waals surface area contributed by atoms with E-state index in [-0.39, 0.29) is 5.52 Å². The van der Waals surface area contributed by atoms with Crippen molar-refractivity contribution in [2.24, 2.45) is 0 Å². The van der Waals surface area contributed by atoms with Crippen molar-refractivity contribution in [1.82, 2.24) is 20.2 Å². The van der Waals surface area contributed by atoms with Crippen LogP contribution in [0.4, 0.5) is 0 Å². The van der Waals surface area contributed by atoms with E-state index < -0.39 is 11.2 Å². The zero-order valence-electron chi connectivity index (χ0n) is 8.32. The van der Waals surface area contributed by atoms with Crippen molar-refractivity contribution >= 4 is 33.5 Å². The fourth-order valence-corrected chi connectivity index (χ4v) is 1.84. The summed E-state index contributed by atoms with van der Waals surface area (Å²) in [4.78, 5) is 27.4. The number of aromatic amines is 2. The van der Waals surface area contributed by atoms with Gasteiger partial charge < -0.3 is 4.98 Å². The lowest BCUT2D eigenvalue weighted by Gasteiger charge is -2.00. The van der Waals surface area contributed by atoms with Crippen LogP contribution in [0.1, 0.15) is 0 Å². The molecule has 0 aliphatic rings. The van der Waals surface area contributed by atoms with Gasteiger partial charge in [-0.25, -0.2) is 4.79 Å². The third-order valence-electron chi connectivity index (χ3n) is 2.40. The monoisotopic (exact) mass is 248 g/mol. The number of aromatic nitrogens is 4. The highest BCUT2D eigenvalue weighted by molar-refractivity contribution is 6.31. The Morgan fingerprint density at radius 2 is 1.94 bits per heavy atom.